The highest BCUT2D eigenvalue weighted by Crippen LogP contribution is 2.55. The first-order chi connectivity index (χ1) is 12.2. The van der Waals surface area contributed by atoms with Crippen molar-refractivity contribution in [2.75, 3.05) is 12.8 Å². The van der Waals surface area contributed by atoms with Gasteiger partial charge in [0.05, 0.1) is 31.3 Å². The molecule has 1 aromatic carbocycles. The van der Waals surface area contributed by atoms with E-state index < -0.39 is 0 Å². The van der Waals surface area contributed by atoms with Crippen LogP contribution in [-0.2, 0) is 5.75 Å². The van der Waals surface area contributed by atoms with E-state index in [0.717, 1.165) is 26.2 Å². The first kappa shape index (κ1) is 17.0. The zero-order chi connectivity index (χ0) is 17.4. The molecule has 4 rings (SSSR count). The van der Waals surface area contributed by atoms with Gasteiger partial charge < -0.3 is 10.5 Å². The number of ether oxygens (including phenoxy) is 1. The van der Waals surface area contributed by atoms with Crippen molar-refractivity contribution in [1.29, 1.82) is 0 Å². The Hall–Kier alpha value is -1.41. The third-order valence-electron chi connectivity index (χ3n) is 3.95. The van der Waals surface area contributed by atoms with E-state index >= 15 is 0 Å². The van der Waals surface area contributed by atoms with Crippen molar-refractivity contribution >= 4 is 57.0 Å². The molecule has 0 fully saturated rings. The Balaban J connectivity index is 1.62. The highest BCUT2D eigenvalue weighted by Gasteiger charge is 2.30. The van der Waals surface area contributed by atoms with Gasteiger partial charge in [0.25, 0.3) is 0 Å². The molecular weight excluding hydrogens is 390 g/mol. The second-order valence-electron chi connectivity index (χ2n) is 5.45. The van der Waals surface area contributed by atoms with Gasteiger partial charge in [0.1, 0.15) is 5.75 Å². The van der Waals surface area contributed by atoms with Gasteiger partial charge in [0.15, 0.2) is 0 Å². The SMILES string of the molecule is COc1ccc(C2SCc3c(sc(N)c3C(=O)c3cccs3)S2)cc1. The van der Waals surface area contributed by atoms with Gasteiger partial charge in [-0.1, -0.05) is 30.0 Å². The first-order valence-corrected chi connectivity index (χ1v) is 11.2. The largest absolute Gasteiger partial charge is 0.497 e. The highest BCUT2D eigenvalue weighted by atomic mass is 32.2. The van der Waals surface area contributed by atoms with Crippen molar-refractivity contribution in [3.05, 3.63) is 63.3 Å². The summed E-state index contributed by atoms with van der Waals surface area (Å²) in [5.41, 5.74) is 9.27. The second kappa shape index (κ2) is 7.07. The molecule has 0 radical (unpaired) electrons. The van der Waals surface area contributed by atoms with E-state index in [2.05, 4.69) is 12.1 Å². The smallest absolute Gasteiger partial charge is 0.206 e. The molecule has 1 atom stereocenters. The molecule has 128 valence electrons. The van der Waals surface area contributed by atoms with Crippen molar-refractivity contribution < 1.29 is 9.53 Å². The molecule has 3 aromatic rings. The Kier molecular flexibility index (Phi) is 4.82. The number of hydrogen-bond acceptors (Lipinski definition) is 7. The minimum atomic E-state index is 0.0501. The van der Waals surface area contributed by atoms with E-state index in [1.165, 1.54) is 28.2 Å². The van der Waals surface area contributed by atoms with Gasteiger partial charge in [-0.2, -0.15) is 0 Å². The van der Waals surface area contributed by atoms with Gasteiger partial charge in [-0.25, -0.2) is 0 Å². The Morgan fingerprint density at radius 3 is 2.72 bits per heavy atom. The fourth-order valence-electron chi connectivity index (χ4n) is 2.69. The number of ketones is 1. The third-order valence-corrected chi connectivity index (χ3v) is 8.89. The third kappa shape index (κ3) is 3.21. The number of nitrogens with two attached hydrogens (primary N) is 1. The summed E-state index contributed by atoms with van der Waals surface area (Å²) in [6.45, 7) is 0. The summed E-state index contributed by atoms with van der Waals surface area (Å²) in [6, 6.07) is 11.9. The van der Waals surface area contributed by atoms with Crippen LogP contribution in [0.5, 0.6) is 5.75 Å². The molecule has 0 bridgehead atoms. The van der Waals surface area contributed by atoms with Crippen molar-refractivity contribution in [3.63, 3.8) is 0 Å². The van der Waals surface area contributed by atoms with Gasteiger partial charge >= 0.3 is 0 Å². The quantitative estimate of drug-likeness (QED) is 0.567. The first-order valence-electron chi connectivity index (χ1n) is 7.59. The second-order valence-corrected chi connectivity index (χ2v) is 10.2. The van der Waals surface area contributed by atoms with E-state index in [1.807, 2.05) is 41.4 Å². The van der Waals surface area contributed by atoms with Gasteiger partial charge in [-0.05, 0) is 34.7 Å². The molecule has 0 aliphatic carbocycles. The average Bonchev–Trinajstić information content (AvgIpc) is 3.28. The number of carbonyl (C=O) groups excluding carboxylic acids is 1. The van der Waals surface area contributed by atoms with Crippen LogP contribution in [-0.4, -0.2) is 12.9 Å². The molecule has 1 unspecified atom stereocenters. The number of fused-ring (bicyclic) bond motifs is 1. The number of rotatable bonds is 4. The number of benzene rings is 1. The lowest BCUT2D eigenvalue weighted by atomic mass is 10.1. The van der Waals surface area contributed by atoms with Gasteiger partial charge in [0.2, 0.25) is 5.78 Å². The molecule has 0 saturated heterocycles. The molecule has 2 N–H and O–H groups in total. The lowest BCUT2D eigenvalue weighted by Crippen LogP contribution is -2.06. The molecule has 0 spiro atoms. The molecule has 1 aliphatic rings. The summed E-state index contributed by atoms with van der Waals surface area (Å²) in [7, 11) is 1.67. The summed E-state index contributed by atoms with van der Waals surface area (Å²) >= 11 is 6.62. The minimum absolute atomic E-state index is 0.0501. The number of thiophene rings is 2. The Morgan fingerprint density at radius 1 is 1.24 bits per heavy atom. The summed E-state index contributed by atoms with van der Waals surface area (Å²) in [6.07, 6.45) is 0. The van der Waals surface area contributed by atoms with Crippen molar-refractivity contribution in [1.82, 2.24) is 0 Å². The normalized spacial score (nSPS) is 16.4. The molecule has 25 heavy (non-hydrogen) atoms. The molecule has 1 aliphatic heterocycles. The van der Waals surface area contributed by atoms with Crippen LogP contribution in [0, 0.1) is 0 Å². The van der Waals surface area contributed by atoms with Crippen LogP contribution < -0.4 is 10.5 Å². The molecule has 0 saturated carbocycles. The molecule has 7 heteroatoms. The zero-order valence-electron chi connectivity index (χ0n) is 13.4. The number of carbonyl (C=O) groups is 1. The van der Waals surface area contributed by atoms with E-state index in [9.17, 15) is 4.79 Å². The number of anilines is 1. The summed E-state index contributed by atoms with van der Waals surface area (Å²) in [4.78, 5) is 13.5. The Bertz CT molecular complexity index is 900. The van der Waals surface area contributed by atoms with Crippen molar-refractivity contribution in [2.45, 2.75) is 14.5 Å². The maximum absolute atomic E-state index is 12.8. The Labute approximate surface area is 162 Å². The van der Waals surface area contributed by atoms with Crippen molar-refractivity contribution in [2.24, 2.45) is 0 Å². The monoisotopic (exact) mass is 405 g/mol. The average molecular weight is 406 g/mol. The summed E-state index contributed by atoms with van der Waals surface area (Å²) in [5, 5.41) is 2.55. The fourth-order valence-corrected chi connectivity index (χ4v) is 7.81. The molecule has 0 amide bonds. The highest BCUT2D eigenvalue weighted by molar-refractivity contribution is 8.17. The number of hydrogen-bond donors (Lipinski definition) is 1. The summed E-state index contributed by atoms with van der Waals surface area (Å²) < 4.78 is 6.70. The number of nitrogen functional groups attached to an aromatic ring is 1. The summed E-state index contributed by atoms with van der Waals surface area (Å²) in [5.74, 6) is 1.72. The zero-order valence-corrected chi connectivity index (χ0v) is 16.6. The van der Waals surface area contributed by atoms with E-state index in [0.29, 0.717) is 15.1 Å². The van der Waals surface area contributed by atoms with E-state index in [-0.39, 0.29) is 5.78 Å². The topological polar surface area (TPSA) is 52.3 Å². The number of methoxy groups -OCH3 is 1. The molecule has 2 aromatic heterocycles. The van der Waals surface area contributed by atoms with Gasteiger partial charge in [-0.3, -0.25) is 4.79 Å². The van der Waals surface area contributed by atoms with Crippen LogP contribution in [0.1, 0.15) is 30.9 Å². The minimum Gasteiger partial charge on any atom is -0.497 e. The molecule has 3 heterocycles. The lowest BCUT2D eigenvalue weighted by molar-refractivity contribution is 0.104. The van der Waals surface area contributed by atoms with Gasteiger partial charge in [0, 0.05) is 5.75 Å². The van der Waals surface area contributed by atoms with Crippen LogP contribution in [0.25, 0.3) is 0 Å². The molecular formula is C18H15NO2S4. The van der Waals surface area contributed by atoms with Crippen molar-refractivity contribution in [3.8, 4) is 5.75 Å². The maximum Gasteiger partial charge on any atom is 0.206 e. The van der Waals surface area contributed by atoms with Crippen LogP contribution in [0.3, 0.4) is 0 Å². The maximum atomic E-state index is 12.8. The van der Waals surface area contributed by atoms with Crippen LogP contribution in [0.2, 0.25) is 0 Å². The predicted molar refractivity (Wildman–Crippen MR) is 109 cm³/mol. The predicted octanol–water partition coefficient (Wildman–Crippen LogP) is 5.67. The standard InChI is InChI=1S/C18H15NO2S4/c1-21-11-6-4-10(5-7-11)17-23-9-12-14(16(19)24-18(12)25-17)15(20)13-3-2-8-22-13/h2-8,17H,9,19H2,1H3. The molecule has 3 nitrogen and oxygen atoms in total. The lowest BCUT2D eigenvalue weighted by Gasteiger charge is -2.22. The van der Waals surface area contributed by atoms with Crippen LogP contribution >= 0.6 is 46.2 Å². The Morgan fingerprint density at radius 2 is 2.04 bits per heavy atom. The van der Waals surface area contributed by atoms with Crippen LogP contribution in [0.15, 0.2) is 46.0 Å². The van der Waals surface area contributed by atoms with E-state index in [1.54, 1.807) is 18.9 Å². The fraction of sp³-hybridized carbons (Fsp3) is 0.167. The number of thioether (sulfide) groups is 2. The van der Waals surface area contributed by atoms with Crippen LogP contribution in [0.4, 0.5) is 5.00 Å². The van der Waals surface area contributed by atoms with Gasteiger partial charge in [-0.15, -0.1) is 34.4 Å². The van der Waals surface area contributed by atoms with E-state index in [4.69, 9.17) is 10.5 Å².